The Morgan fingerprint density at radius 2 is 2.00 bits per heavy atom. The van der Waals surface area contributed by atoms with Gasteiger partial charge in [0.05, 0.1) is 7.11 Å². The Kier molecular flexibility index (Phi) is 3.22. The van der Waals surface area contributed by atoms with Gasteiger partial charge in [0.25, 0.3) is 0 Å². The monoisotopic (exact) mass is 184 g/mol. The van der Waals surface area contributed by atoms with Gasteiger partial charge in [-0.1, -0.05) is 0 Å². The van der Waals surface area contributed by atoms with Gasteiger partial charge in [0.15, 0.2) is 5.57 Å². The second kappa shape index (κ2) is 3.50. The number of halogens is 3. The van der Waals surface area contributed by atoms with Crippen molar-refractivity contribution in [3.05, 3.63) is 5.57 Å². The molecule has 0 atom stereocenters. The zero-order valence-corrected chi connectivity index (χ0v) is 6.18. The lowest BCUT2D eigenvalue weighted by Gasteiger charge is -2.04. The first-order valence-electron chi connectivity index (χ1n) is 2.34. The zero-order chi connectivity index (χ0) is 9.07. The number of hydrogen-bond donors (Lipinski definition) is 0. The molecule has 0 fully saturated rings. The minimum absolute atomic E-state index is 0.834. The van der Waals surface area contributed by atoms with Gasteiger partial charge in [0.2, 0.25) is 0 Å². The third kappa shape index (κ3) is 2.69. The van der Waals surface area contributed by atoms with Gasteiger partial charge >= 0.3 is 12.1 Å². The molecule has 0 amide bonds. The van der Waals surface area contributed by atoms with Gasteiger partial charge in [0.1, 0.15) is 0 Å². The van der Waals surface area contributed by atoms with Crippen molar-refractivity contribution in [1.29, 1.82) is 0 Å². The van der Waals surface area contributed by atoms with Gasteiger partial charge in [-0.05, 0) is 17.2 Å². The maximum Gasteiger partial charge on any atom is 0.431 e. The number of ether oxygens (including phenoxy) is 1. The highest BCUT2D eigenvalue weighted by atomic mass is 32.1. The maximum atomic E-state index is 11.7. The normalized spacial score (nSPS) is 10.2. The molecule has 0 saturated heterocycles. The molecule has 0 aromatic carbocycles. The topological polar surface area (TPSA) is 26.3 Å². The second-order valence-electron chi connectivity index (χ2n) is 1.47. The summed E-state index contributed by atoms with van der Waals surface area (Å²) >= 11 is 3.86. The highest BCUT2D eigenvalue weighted by Crippen LogP contribution is 2.24. The van der Waals surface area contributed by atoms with E-state index in [-0.39, 0.29) is 0 Å². The highest BCUT2D eigenvalue weighted by Gasteiger charge is 2.39. The molecule has 0 aliphatic rings. The first kappa shape index (κ1) is 10.1. The Hall–Kier alpha value is -0.870. The zero-order valence-electron chi connectivity index (χ0n) is 5.36. The Labute approximate surface area is 65.6 Å². The van der Waals surface area contributed by atoms with E-state index in [1.807, 2.05) is 0 Å². The molecule has 0 heterocycles. The van der Waals surface area contributed by atoms with E-state index in [0.717, 1.165) is 7.11 Å². The number of carbonyl (C=O) groups is 1. The minimum atomic E-state index is -4.78. The lowest BCUT2D eigenvalue weighted by molar-refractivity contribution is -0.147. The lowest BCUT2D eigenvalue weighted by atomic mass is 10.3. The molecule has 0 aliphatic heterocycles. The number of esters is 1. The van der Waals surface area contributed by atoms with Crippen molar-refractivity contribution in [3.63, 3.8) is 0 Å². The number of methoxy groups -OCH3 is 1. The van der Waals surface area contributed by atoms with Crippen molar-refractivity contribution >= 4 is 23.2 Å². The summed E-state index contributed by atoms with van der Waals surface area (Å²) in [5.41, 5.74) is -1.59. The molecule has 0 aliphatic carbocycles. The van der Waals surface area contributed by atoms with Crippen LogP contribution in [0.3, 0.4) is 0 Å². The molecule has 0 spiro atoms. The fraction of sp³-hybridized carbons (Fsp3) is 0.400. The summed E-state index contributed by atoms with van der Waals surface area (Å²) in [6.07, 6.45) is -4.78. The van der Waals surface area contributed by atoms with E-state index in [4.69, 9.17) is 0 Å². The molecule has 0 N–H and O–H groups in total. The van der Waals surface area contributed by atoms with Crippen molar-refractivity contribution < 1.29 is 22.7 Å². The van der Waals surface area contributed by atoms with Gasteiger partial charge in [0, 0.05) is 0 Å². The molecule has 0 saturated carbocycles. The summed E-state index contributed by atoms with van der Waals surface area (Å²) in [4.78, 5) is 10.3. The third-order valence-electron chi connectivity index (χ3n) is 0.775. The molecule has 0 aromatic rings. The van der Waals surface area contributed by atoms with Crippen LogP contribution in [0.4, 0.5) is 13.2 Å². The minimum Gasteiger partial charge on any atom is -0.465 e. The molecule has 6 heteroatoms. The van der Waals surface area contributed by atoms with Gasteiger partial charge < -0.3 is 4.74 Å². The largest absolute Gasteiger partial charge is 0.465 e. The van der Waals surface area contributed by atoms with Crippen molar-refractivity contribution in [2.24, 2.45) is 0 Å². The van der Waals surface area contributed by atoms with Crippen molar-refractivity contribution in [2.75, 3.05) is 7.11 Å². The van der Waals surface area contributed by atoms with E-state index in [9.17, 15) is 18.0 Å². The molecular formula is C5H3F3O2S. The first-order chi connectivity index (χ1) is 4.93. The summed E-state index contributed by atoms with van der Waals surface area (Å²) < 4.78 is 38.9. The van der Waals surface area contributed by atoms with Gasteiger partial charge in [-0.15, -0.1) is 0 Å². The van der Waals surface area contributed by atoms with Crippen molar-refractivity contribution in [2.45, 2.75) is 6.18 Å². The first-order valence-corrected chi connectivity index (χ1v) is 2.75. The Bertz CT molecular complexity index is 214. The summed E-state index contributed by atoms with van der Waals surface area (Å²) in [6, 6.07) is 0. The van der Waals surface area contributed by atoms with Crippen LogP contribution in [0.5, 0.6) is 0 Å². The van der Waals surface area contributed by atoms with Crippen LogP contribution in [0.25, 0.3) is 0 Å². The molecule has 0 aromatic heterocycles. The van der Waals surface area contributed by atoms with Crippen LogP contribution in [-0.4, -0.2) is 24.3 Å². The highest BCUT2D eigenvalue weighted by molar-refractivity contribution is 7.78. The average molecular weight is 184 g/mol. The van der Waals surface area contributed by atoms with E-state index in [1.54, 1.807) is 0 Å². The van der Waals surface area contributed by atoms with Crippen molar-refractivity contribution in [1.82, 2.24) is 0 Å². The van der Waals surface area contributed by atoms with Crippen LogP contribution in [0, 0.1) is 0 Å². The SMILES string of the molecule is COC(=O)C(=C=S)C(F)(F)F. The van der Waals surface area contributed by atoms with E-state index < -0.39 is 17.7 Å². The number of hydrogen-bond acceptors (Lipinski definition) is 3. The number of thiocarbonyl (C=S) groups is 1. The quantitative estimate of drug-likeness (QED) is 0.348. The summed E-state index contributed by atoms with van der Waals surface area (Å²) in [5.74, 6) is -1.52. The maximum absolute atomic E-state index is 11.7. The van der Waals surface area contributed by atoms with E-state index in [0.29, 0.717) is 0 Å². The predicted molar refractivity (Wildman–Crippen MR) is 34.2 cm³/mol. The van der Waals surface area contributed by atoms with Gasteiger partial charge in [-0.3, -0.25) is 0 Å². The third-order valence-corrected chi connectivity index (χ3v) is 0.979. The summed E-state index contributed by atoms with van der Waals surface area (Å²) in [6.45, 7) is 0. The molecule has 11 heavy (non-hydrogen) atoms. The molecular weight excluding hydrogens is 181 g/mol. The smallest absolute Gasteiger partial charge is 0.431 e. The van der Waals surface area contributed by atoms with E-state index >= 15 is 0 Å². The standard InChI is InChI=1S/C5H3F3O2S/c1-10-4(9)3(2-11)5(6,7)8/h1H3. The number of carbonyl (C=O) groups excluding carboxylic acids is 1. The average Bonchev–Trinajstić information content (AvgIpc) is 1.86. The Balaban J connectivity index is 4.73. The van der Waals surface area contributed by atoms with Crippen LogP contribution >= 0.6 is 12.2 Å². The van der Waals surface area contributed by atoms with Crippen molar-refractivity contribution in [3.8, 4) is 0 Å². The molecule has 0 radical (unpaired) electrons. The Morgan fingerprint density at radius 1 is 1.55 bits per heavy atom. The van der Waals surface area contributed by atoms with Crippen LogP contribution in [0.1, 0.15) is 0 Å². The molecule has 0 unspecified atom stereocenters. The van der Waals surface area contributed by atoms with Crippen LogP contribution in [0.2, 0.25) is 0 Å². The second-order valence-corrected chi connectivity index (χ2v) is 1.67. The molecule has 0 bridgehead atoms. The van der Waals surface area contributed by atoms with Gasteiger partial charge in [-0.25, -0.2) is 4.79 Å². The Morgan fingerprint density at radius 3 is 2.09 bits per heavy atom. The predicted octanol–water partition coefficient (Wildman–Crippen LogP) is 1.25. The summed E-state index contributed by atoms with van der Waals surface area (Å²) in [7, 11) is 0.834. The van der Waals surface area contributed by atoms with E-state index in [2.05, 4.69) is 17.0 Å². The number of alkyl halides is 3. The number of rotatable bonds is 1. The van der Waals surface area contributed by atoms with E-state index in [1.165, 1.54) is 5.02 Å². The molecule has 62 valence electrons. The van der Waals surface area contributed by atoms with Crippen LogP contribution in [-0.2, 0) is 9.53 Å². The van der Waals surface area contributed by atoms with Crippen LogP contribution in [0.15, 0.2) is 5.57 Å². The van der Waals surface area contributed by atoms with Gasteiger partial charge in [-0.2, -0.15) is 13.2 Å². The summed E-state index contributed by atoms with van der Waals surface area (Å²) in [5, 5.41) is 1.29. The fourth-order valence-electron chi connectivity index (χ4n) is 0.317. The fourth-order valence-corrected chi connectivity index (χ4v) is 0.516. The molecule has 2 nitrogen and oxygen atoms in total. The molecule has 0 rings (SSSR count). The lowest BCUT2D eigenvalue weighted by Crippen LogP contribution is -2.21. The van der Waals surface area contributed by atoms with Crippen LogP contribution < -0.4 is 0 Å².